The van der Waals surface area contributed by atoms with Crippen LogP contribution in [0.3, 0.4) is 0 Å². The second kappa shape index (κ2) is 9.59. The Hall–Kier alpha value is -2.75. The SMILES string of the molecule is COc1ccc(NC(C)=O)cc1S(=O)(=O)Nc1cc(Cl)ccc1Sc1ccc(F)cc1. The Morgan fingerprint density at radius 3 is 2.42 bits per heavy atom. The van der Waals surface area contributed by atoms with Crippen molar-refractivity contribution in [2.75, 3.05) is 17.1 Å². The van der Waals surface area contributed by atoms with Gasteiger partial charge in [-0.3, -0.25) is 9.52 Å². The third kappa shape index (κ3) is 5.90. The molecule has 162 valence electrons. The van der Waals surface area contributed by atoms with Crippen molar-refractivity contribution in [3.8, 4) is 5.75 Å². The van der Waals surface area contributed by atoms with Crippen LogP contribution in [0.1, 0.15) is 6.92 Å². The van der Waals surface area contributed by atoms with Crippen molar-refractivity contribution in [2.24, 2.45) is 0 Å². The lowest BCUT2D eigenvalue weighted by Crippen LogP contribution is -2.15. The molecule has 0 aromatic heterocycles. The number of carbonyl (C=O) groups excluding carboxylic acids is 1. The lowest BCUT2D eigenvalue weighted by molar-refractivity contribution is -0.114. The summed E-state index contributed by atoms with van der Waals surface area (Å²) >= 11 is 7.34. The maximum absolute atomic E-state index is 13.2. The highest BCUT2D eigenvalue weighted by atomic mass is 35.5. The first-order valence-corrected chi connectivity index (χ1v) is 11.6. The van der Waals surface area contributed by atoms with Gasteiger partial charge in [0.15, 0.2) is 0 Å². The summed E-state index contributed by atoms with van der Waals surface area (Å²) in [6, 6.07) is 14.9. The Morgan fingerprint density at radius 2 is 1.77 bits per heavy atom. The highest BCUT2D eigenvalue weighted by molar-refractivity contribution is 7.99. The summed E-state index contributed by atoms with van der Waals surface area (Å²) < 4.78 is 47.3. The van der Waals surface area contributed by atoms with Gasteiger partial charge in [-0.25, -0.2) is 12.8 Å². The number of anilines is 2. The molecule has 2 N–H and O–H groups in total. The molecule has 10 heteroatoms. The average molecular weight is 481 g/mol. The topological polar surface area (TPSA) is 84.5 Å². The third-order valence-corrected chi connectivity index (χ3v) is 6.71. The fraction of sp³-hybridized carbons (Fsp3) is 0.0952. The summed E-state index contributed by atoms with van der Waals surface area (Å²) in [6.45, 7) is 1.32. The number of benzene rings is 3. The van der Waals surface area contributed by atoms with Crippen LogP contribution in [0, 0.1) is 5.82 Å². The van der Waals surface area contributed by atoms with E-state index in [2.05, 4.69) is 10.0 Å². The number of nitrogens with one attached hydrogen (secondary N) is 2. The molecule has 3 rings (SSSR count). The Labute approximate surface area is 188 Å². The smallest absolute Gasteiger partial charge is 0.265 e. The van der Waals surface area contributed by atoms with E-state index in [1.165, 1.54) is 62.2 Å². The van der Waals surface area contributed by atoms with Gasteiger partial charge in [-0.2, -0.15) is 0 Å². The van der Waals surface area contributed by atoms with Crippen molar-refractivity contribution in [3.63, 3.8) is 0 Å². The molecule has 0 saturated carbocycles. The molecule has 6 nitrogen and oxygen atoms in total. The largest absolute Gasteiger partial charge is 0.495 e. The molecule has 0 aliphatic carbocycles. The number of methoxy groups -OCH3 is 1. The van der Waals surface area contributed by atoms with Crippen LogP contribution in [0.2, 0.25) is 5.02 Å². The van der Waals surface area contributed by atoms with Crippen LogP contribution in [0.5, 0.6) is 5.75 Å². The molecule has 0 heterocycles. The minimum atomic E-state index is -4.11. The number of halogens is 2. The Bertz CT molecular complexity index is 1220. The molecule has 0 radical (unpaired) electrons. The summed E-state index contributed by atoms with van der Waals surface area (Å²) in [5.74, 6) is -0.599. The van der Waals surface area contributed by atoms with E-state index < -0.39 is 10.0 Å². The minimum absolute atomic E-state index is 0.108. The molecule has 0 aliphatic heterocycles. The monoisotopic (exact) mass is 480 g/mol. The van der Waals surface area contributed by atoms with Crippen LogP contribution in [0.15, 0.2) is 75.4 Å². The van der Waals surface area contributed by atoms with E-state index in [1.807, 2.05) is 0 Å². The van der Waals surface area contributed by atoms with Gasteiger partial charge in [-0.1, -0.05) is 23.4 Å². The van der Waals surface area contributed by atoms with Gasteiger partial charge in [0.2, 0.25) is 5.91 Å². The van der Waals surface area contributed by atoms with Gasteiger partial charge in [0, 0.05) is 27.4 Å². The molecule has 31 heavy (non-hydrogen) atoms. The first-order valence-electron chi connectivity index (χ1n) is 8.89. The van der Waals surface area contributed by atoms with Crippen molar-refractivity contribution < 1.29 is 22.3 Å². The standard InChI is InChI=1S/C21H18ClFN2O4S2/c1-13(26)24-16-6-9-19(29-2)21(12-16)31(27,28)25-18-11-14(22)3-10-20(18)30-17-7-4-15(23)5-8-17/h3-12,25H,1-2H3,(H,24,26). The zero-order valence-electron chi connectivity index (χ0n) is 16.5. The molecule has 0 bridgehead atoms. The molecule has 1 amide bonds. The van der Waals surface area contributed by atoms with Gasteiger partial charge in [0.1, 0.15) is 16.5 Å². The van der Waals surface area contributed by atoms with Gasteiger partial charge in [-0.15, -0.1) is 0 Å². The number of rotatable bonds is 7. The fourth-order valence-corrected chi connectivity index (χ4v) is 5.05. The fourth-order valence-electron chi connectivity index (χ4n) is 2.67. The number of hydrogen-bond donors (Lipinski definition) is 2. The quantitative estimate of drug-likeness (QED) is 0.473. The summed E-state index contributed by atoms with van der Waals surface area (Å²) in [4.78, 5) is 12.5. The predicted molar refractivity (Wildman–Crippen MR) is 120 cm³/mol. The van der Waals surface area contributed by atoms with Crippen LogP contribution in [-0.4, -0.2) is 21.4 Å². The molecule has 0 saturated heterocycles. The Morgan fingerprint density at radius 1 is 1.06 bits per heavy atom. The molecule has 0 spiro atoms. The van der Waals surface area contributed by atoms with Gasteiger partial charge in [-0.05, 0) is 60.7 Å². The predicted octanol–water partition coefficient (Wildman–Crippen LogP) is 5.40. The summed E-state index contributed by atoms with van der Waals surface area (Å²) in [5, 5.41) is 2.88. The van der Waals surface area contributed by atoms with Gasteiger partial charge < -0.3 is 10.1 Å². The summed E-state index contributed by atoms with van der Waals surface area (Å²) in [7, 11) is -2.76. The highest BCUT2D eigenvalue weighted by Gasteiger charge is 2.22. The van der Waals surface area contributed by atoms with Crippen molar-refractivity contribution in [1.29, 1.82) is 0 Å². The lowest BCUT2D eigenvalue weighted by atomic mass is 10.3. The van der Waals surface area contributed by atoms with Crippen LogP contribution in [0.4, 0.5) is 15.8 Å². The third-order valence-electron chi connectivity index (χ3n) is 4.00. The number of amides is 1. The number of hydrogen-bond acceptors (Lipinski definition) is 5. The number of sulfonamides is 1. The van der Waals surface area contributed by atoms with Crippen LogP contribution in [0.25, 0.3) is 0 Å². The molecule has 3 aromatic carbocycles. The van der Waals surface area contributed by atoms with E-state index in [-0.39, 0.29) is 28.1 Å². The summed E-state index contributed by atoms with van der Waals surface area (Å²) in [6.07, 6.45) is 0. The van der Waals surface area contributed by atoms with Crippen LogP contribution >= 0.6 is 23.4 Å². The molecule has 3 aromatic rings. The van der Waals surface area contributed by atoms with E-state index in [9.17, 15) is 17.6 Å². The Kier molecular flexibility index (Phi) is 7.09. The first-order chi connectivity index (χ1) is 14.7. The molecule has 0 fully saturated rings. The maximum Gasteiger partial charge on any atom is 0.265 e. The van der Waals surface area contributed by atoms with Crippen molar-refractivity contribution in [3.05, 3.63) is 71.5 Å². The second-order valence-corrected chi connectivity index (χ2v) is 9.55. The van der Waals surface area contributed by atoms with E-state index >= 15 is 0 Å². The normalized spacial score (nSPS) is 11.1. The van der Waals surface area contributed by atoms with Crippen LogP contribution < -0.4 is 14.8 Å². The maximum atomic E-state index is 13.2. The van der Waals surface area contributed by atoms with E-state index in [4.69, 9.17) is 16.3 Å². The zero-order chi connectivity index (χ0) is 22.6. The second-order valence-electron chi connectivity index (χ2n) is 6.35. The average Bonchev–Trinajstić information content (AvgIpc) is 2.71. The highest BCUT2D eigenvalue weighted by Crippen LogP contribution is 2.37. The van der Waals surface area contributed by atoms with Gasteiger partial charge in [0.25, 0.3) is 10.0 Å². The van der Waals surface area contributed by atoms with Gasteiger partial charge in [0.05, 0.1) is 12.8 Å². The minimum Gasteiger partial charge on any atom is -0.495 e. The van der Waals surface area contributed by atoms with Crippen LogP contribution in [-0.2, 0) is 14.8 Å². The van der Waals surface area contributed by atoms with E-state index in [0.29, 0.717) is 15.6 Å². The van der Waals surface area contributed by atoms with E-state index in [1.54, 1.807) is 24.3 Å². The van der Waals surface area contributed by atoms with E-state index in [0.717, 1.165) is 4.90 Å². The molecule has 0 unspecified atom stereocenters. The Balaban J connectivity index is 1.98. The number of ether oxygens (including phenoxy) is 1. The summed E-state index contributed by atoms with van der Waals surface area (Å²) in [5.41, 5.74) is 0.550. The lowest BCUT2D eigenvalue weighted by Gasteiger charge is -2.16. The molecular weight excluding hydrogens is 463 g/mol. The molecule has 0 atom stereocenters. The van der Waals surface area contributed by atoms with Crippen molar-refractivity contribution in [2.45, 2.75) is 21.6 Å². The first kappa shape index (κ1) is 22.9. The molecule has 0 aliphatic rings. The van der Waals surface area contributed by atoms with Crippen molar-refractivity contribution >= 4 is 50.7 Å². The van der Waals surface area contributed by atoms with Crippen molar-refractivity contribution in [1.82, 2.24) is 0 Å². The zero-order valence-corrected chi connectivity index (χ0v) is 18.9. The molecular formula is C21H18ClFN2O4S2. The van der Waals surface area contributed by atoms with Gasteiger partial charge >= 0.3 is 0 Å². The number of carbonyl (C=O) groups is 1.